The molecule has 0 fully saturated rings. The molecular weight excluding hydrogens is 184 g/mol. The van der Waals surface area contributed by atoms with Crippen molar-refractivity contribution in [2.75, 3.05) is 18.0 Å². The number of hydrogen-bond donors (Lipinski definition) is 1. The van der Waals surface area contributed by atoms with E-state index in [1.54, 1.807) is 0 Å². The van der Waals surface area contributed by atoms with E-state index in [1.165, 1.54) is 18.5 Å². The first-order valence-electron chi connectivity index (χ1n) is 5.79. The molecule has 1 aromatic carbocycles. The van der Waals surface area contributed by atoms with Crippen molar-refractivity contribution in [3.05, 3.63) is 30.3 Å². The van der Waals surface area contributed by atoms with Crippen molar-refractivity contribution in [3.8, 4) is 0 Å². The van der Waals surface area contributed by atoms with E-state index in [0.717, 1.165) is 13.1 Å². The number of anilines is 1. The van der Waals surface area contributed by atoms with Gasteiger partial charge in [0.05, 0.1) is 0 Å². The summed E-state index contributed by atoms with van der Waals surface area (Å²) in [5.74, 6) is 0. The van der Waals surface area contributed by atoms with Crippen molar-refractivity contribution < 1.29 is 0 Å². The van der Waals surface area contributed by atoms with Gasteiger partial charge in [0.1, 0.15) is 0 Å². The lowest BCUT2D eigenvalue weighted by Gasteiger charge is -2.26. The van der Waals surface area contributed by atoms with E-state index >= 15 is 0 Å². The first-order chi connectivity index (χ1) is 7.24. The maximum atomic E-state index is 5.86. The molecule has 0 saturated heterocycles. The summed E-state index contributed by atoms with van der Waals surface area (Å²) in [7, 11) is 0. The number of unbranched alkanes of at least 4 members (excludes halogenated alkanes) is 1. The molecule has 0 unspecified atom stereocenters. The third-order valence-electron chi connectivity index (χ3n) is 2.41. The smallest absolute Gasteiger partial charge is 0.0366 e. The van der Waals surface area contributed by atoms with Crippen LogP contribution in [-0.4, -0.2) is 19.1 Å². The molecule has 0 spiro atoms. The van der Waals surface area contributed by atoms with Crippen molar-refractivity contribution in [1.82, 2.24) is 0 Å². The lowest BCUT2D eigenvalue weighted by atomic mass is 10.2. The lowest BCUT2D eigenvalue weighted by molar-refractivity contribution is 0.650. The van der Waals surface area contributed by atoms with Crippen LogP contribution in [0.5, 0.6) is 0 Å². The van der Waals surface area contributed by atoms with Crippen molar-refractivity contribution in [1.29, 1.82) is 0 Å². The van der Waals surface area contributed by atoms with Gasteiger partial charge in [-0.05, 0) is 25.5 Å². The highest BCUT2D eigenvalue weighted by atomic mass is 15.1. The molecule has 0 bridgehead atoms. The highest BCUT2D eigenvalue weighted by molar-refractivity contribution is 5.46. The SMILES string of the molecule is CCCCN(C[C@@H](C)N)c1ccccc1. The molecule has 2 heteroatoms. The molecule has 0 radical (unpaired) electrons. The minimum absolute atomic E-state index is 0.224. The number of para-hydroxylation sites is 1. The fraction of sp³-hybridized carbons (Fsp3) is 0.538. The van der Waals surface area contributed by atoms with E-state index in [0.29, 0.717) is 0 Å². The van der Waals surface area contributed by atoms with Crippen LogP contribution in [0.15, 0.2) is 30.3 Å². The summed E-state index contributed by atoms with van der Waals surface area (Å²) in [6.45, 7) is 6.31. The zero-order valence-electron chi connectivity index (χ0n) is 9.82. The van der Waals surface area contributed by atoms with Gasteiger partial charge in [0, 0.05) is 24.8 Å². The van der Waals surface area contributed by atoms with Gasteiger partial charge in [0.2, 0.25) is 0 Å². The van der Waals surface area contributed by atoms with E-state index in [9.17, 15) is 0 Å². The van der Waals surface area contributed by atoms with Gasteiger partial charge < -0.3 is 10.6 Å². The molecule has 15 heavy (non-hydrogen) atoms. The Bertz CT molecular complexity index is 256. The van der Waals surface area contributed by atoms with Crippen LogP contribution in [0.2, 0.25) is 0 Å². The Balaban J connectivity index is 2.63. The van der Waals surface area contributed by atoms with Crippen LogP contribution in [0.4, 0.5) is 5.69 Å². The predicted molar refractivity (Wildman–Crippen MR) is 67.2 cm³/mol. The predicted octanol–water partition coefficient (Wildman–Crippen LogP) is 2.64. The van der Waals surface area contributed by atoms with Crippen LogP contribution < -0.4 is 10.6 Å². The normalized spacial score (nSPS) is 12.5. The lowest BCUT2D eigenvalue weighted by Crippen LogP contribution is -2.36. The summed E-state index contributed by atoms with van der Waals surface area (Å²) in [4.78, 5) is 2.37. The average molecular weight is 206 g/mol. The molecule has 2 nitrogen and oxygen atoms in total. The summed E-state index contributed by atoms with van der Waals surface area (Å²) >= 11 is 0. The Labute approximate surface area is 93.1 Å². The second-order valence-corrected chi connectivity index (χ2v) is 4.11. The number of hydrogen-bond acceptors (Lipinski definition) is 2. The molecule has 1 atom stereocenters. The van der Waals surface area contributed by atoms with Gasteiger partial charge in [0.25, 0.3) is 0 Å². The number of nitrogens with zero attached hydrogens (tertiary/aromatic N) is 1. The summed E-state index contributed by atoms with van der Waals surface area (Å²) < 4.78 is 0. The van der Waals surface area contributed by atoms with Crippen LogP contribution in [0.1, 0.15) is 26.7 Å². The van der Waals surface area contributed by atoms with Gasteiger partial charge >= 0.3 is 0 Å². The van der Waals surface area contributed by atoms with Gasteiger partial charge in [-0.15, -0.1) is 0 Å². The Morgan fingerprint density at radius 3 is 2.47 bits per heavy atom. The van der Waals surface area contributed by atoms with Gasteiger partial charge in [-0.2, -0.15) is 0 Å². The summed E-state index contributed by atoms with van der Waals surface area (Å²) in [5, 5.41) is 0. The first kappa shape index (κ1) is 12.1. The maximum absolute atomic E-state index is 5.86. The topological polar surface area (TPSA) is 29.3 Å². The van der Waals surface area contributed by atoms with Crippen molar-refractivity contribution in [3.63, 3.8) is 0 Å². The first-order valence-corrected chi connectivity index (χ1v) is 5.79. The van der Waals surface area contributed by atoms with Gasteiger partial charge in [0.15, 0.2) is 0 Å². The number of rotatable bonds is 6. The van der Waals surface area contributed by atoms with E-state index in [-0.39, 0.29) is 6.04 Å². The van der Waals surface area contributed by atoms with Crippen LogP contribution in [-0.2, 0) is 0 Å². The monoisotopic (exact) mass is 206 g/mol. The molecule has 0 aliphatic rings. The van der Waals surface area contributed by atoms with E-state index < -0.39 is 0 Å². The van der Waals surface area contributed by atoms with Crippen LogP contribution >= 0.6 is 0 Å². The molecular formula is C13H22N2. The molecule has 0 saturated carbocycles. The molecule has 0 aliphatic heterocycles. The van der Waals surface area contributed by atoms with Crippen molar-refractivity contribution >= 4 is 5.69 Å². The van der Waals surface area contributed by atoms with Crippen LogP contribution in [0.3, 0.4) is 0 Å². The largest absolute Gasteiger partial charge is 0.370 e. The highest BCUT2D eigenvalue weighted by Crippen LogP contribution is 2.14. The molecule has 1 aromatic rings. The Hall–Kier alpha value is -1.02. The fourth-order valence-corrected chi connectivity index (χ4v) is 1.66. The second-order valence-electron chi connectivity index (χ2n) is 4.11. The zero-order valence-corrected chi connectivity index (χ0v) is 9.82. The Morgan fingerprint density at radius 2 is 1.93 bits per heavy atom. The molecule has 1 rings (SSSR count). The zero-order chi connectivity index (χ0) is 11.1. The minimum atomic E-state index is 0.224. The van der Waals surface area contributed by atoms with E-state index in [1.807, 2.05) is 6.07 Å². The molecule has 2 N–H and O–H groups in total. The second kappa shape index (κ2) is 6.46. The molecule has 0 heterocycles. The Morgan fingerprint density at radius 1 is 1.27 bits per heavy atom. The third-order valence-corrected chi connectivity index (χ3v) is 2.41. The number of benzene rings is 1. The van der Waals surface area contributed by atoms with Gasteiger partial charge in [-0.1, -0.05) is 31.5 Å². The standard InChI is InChI=1S/C13H22N2/c1-3-4-10-15(11-12(2)14)13-8-6-5-7-9-13/h5-9,12H,3-4,10-11,14H2,1-2H3/t12-/m1/s1. The molecule has 0 aliphatic carbocycles. The van der Waals surface area contributed by atoms with Crippen LogP contribution in [0.25, 0.3) is 0 Å². The summed E-state index contributed by atoms with van der Waals surface area (Å²) in [6.07, 6.45) is 2.45. The Kier molecular flexibility index (Phi) is 5.19. The molecule has 84 valence electrons. The third kappa shape index (κ3) is 4.34. The van der Waals surface area contributed by atoms with Crippen LogP contribution in [0, 0.1) is 0 Å². The maximum Gasteiger partial charge on any atom is 0.0366 e. The van der Waals surface area contributed by atoms with Crippen molar-refractivity contribution in [2.45, 2.75) is 32.7 Å². The quantitative estimate of drug-likeness (QED) is 0.775. The molecule has 0 aromatic heterocycles. The summed E-state index contributed by atoms with van der Waals surface area (Å²) in [5.41, 5.74) is 7.14. The average Bonchev–Trinajstić information content (AvgIpc) is 2.25. The summed E-state index contributed by atoms with van der Waals surface area (Å²) in [6, 6.07) is 10.7. The fourth-order valence-electron chi connectivity index (χ4n) is 1.66. The van der Waals surface area contributed by atoms with Gasteiger partial charge in [-0.3, -0.25) is 0 Å². The number of nitrogens with two attached hydrogens (primary N) is 1. The minimum Gasteiger partial charge on any atom is -0.370 e. The van der Waals surface area contributed by atoms with E-state index in [2.05, 4.69) is 43.0 Å². The van der Waals surface area contributed by atoms with E-state index in [4.69, 9.17) is 5.73 Å². The highest BCUT2D eigenvalue weighted by Gasteiger charge is 2.07. The molecule has 0 amide bonds. The van der Waals surface area contributed by atoms with Crippen molar-refractivity contribution in [2.24, 2.45) is 5.73 Å². The van der Waals surface area contributed by atoms with Gasteiger partial charge in [-0.25, -0.2) is 0 Å².